The molecule has 0 spiro atoms. The van der Waals surface area contributed by atoms with Gasteiger partial charge < -0.3 is 4.74 Å². The Hall–Kier alpha value is -0.530. The first-order valence-corrected chi connectivity index (χ1v) is 4.84. The molecule has 2 saturated carbocycles. The fraction of sp³-hybridized carbons (Fsp3) is 0.900. The van der Waals surface area contributed by atoms with E-state index in [-0.39, 0.29) is 6.10 Å². The smallest absolute Gasteiger partial charge is 0.293 e. The van der Waals surface area contributed by atoms with Gasteiger partial charge in [-0.05, 0) is 36.5 Å². The third-order valence-corrected chi connectivity index (χ3v) is 4.01. The zero-order valence-electron chi connectivity index (χ0n) is 7.69. The molecule has 68 valence electrons. The maximum Gasteiger partial charge on any atom is 0.293 e. The van der Waals surface area contributed by atoms with Crippen LogP contribution in [-0.4, -0.2) is 12.6 Å². The molecular formula is C10H16O2. The summed E-state index contributed by atoms with van der Waals surface area (Å²) < 4.78 is 5.14. The average Bonchev–Trinajstić information content (AvgIpc) is 2.50. The van der Waals surface area contributed by atoms with Crippen LogP contribution < -0.4 is 0 Å². The summed E-state index contributed by atoms with van der Waals surface area (Å²) in [5, 5.41) is 0. The van der Waals surface area contributed by atoms with Crippen molar-refractivity contribution >= 4 is 6.47 Å². The maximum atomic E-state index is 10.3. The van der Waals surface area contributed by atoms with E-state index in [1.807, 2.05) is 0 Å². The van der Waals surface area contributed by atoms with Crippen molar-refractivity contribution in [2.75, 3.05) is 0 Å². The molecule has 0 aromatic heterocycles. The summed E-state index contributed by atoms with van der Waals surface area (Å²) in [6.45, 7) is 5.13. The molecule has 5 atom stereocenters. The van der Waals surface area contributed by atoms with Crippen LogP contribution in [0.4, 0.5) is 0 Å². The number of ether oxygens (including phenoxy) is 1. The van der Waals surface area contributed by atoms with Gasteiger partial charge in [0.05, 0.1) is 0 Å². The molecule has 2 nitrogen and oxygen atoms in total. The van der Waals surface area contributed by atoms with Gasteiger partial charge in [0.1, 0.15) is 6.10 Å². The van der Waals surface area contributed by atoms with Crippen LogP contribution in [0.3, 0.4) is 0 Å². The molecule has 2 heteroatoms. The number of hydrogen-bond donors (Lipinski definition) is 0. The Bertz CT molecular complexity index is 190. The first kappa shape index (κ1) is 8.09. The Kier molecular flexibility index (Phi) is 1.85. The number of carbonyl (C=O) groups excluding carboxylic acids is 1. The van der Waals surface area contributed by atoms with E-state index in [1.165, 1.54) is 12.8 Å². The van der Waals surface area contributed by atoms with Gasteiger partial charge in [-0.3, -0.25) is 4.79 Å². The molecule has 0 N–H and O–H groups in total. The summed E-state index contributed by atoms with van der Waals surface area (Å²) in [5.74, 6) is 2.81. The van der Waals surface area contributed by atoms with Crippen LogP contribution >= 0.6 is 0 Å². The molecule has 12 heavy (non-hydrogen) atoms. The summed E-state index contributed by atoms with van der Waals surface area (Å²) in [6, 6.07) is 0. The highest BCUT2D eigenvalue weighted by molar-refractivity contribution is 5.38. The lowest BCUT2D eigenvalue weighted by molar-refractivity contribution is -0.138. The molecule has 2 aliphatic rings. The SMILES string of the molecule is CC1C2CCC1[C@@H](C)C2OC=O. The van der Waals surface area contributed by atoms with Gasteiger partial charge in [0.25, 0.3) is 6.47 Å². The largest absolute Gasteiger partial charge is 0.464 e. The molecule has 0 aromatic carbocycles. The maximum absolute atomic E-state index is 10.3. The van der Waals surface area contributed by atoms with Gasteiger partial charge in [0, 0.05) is 0 Å². The van der Waals surface area contributed by atoms with E-state index in [2.05, 4.69) is 13.8 Å². The van der Waals surface area contributed by atoms with Crippen molar-refractivity contribution in [3.05, 3.63) is 0 Å². The Labute approximate surface area is 73.3 Å². The van der Waals surface area contributed by atoms with Crippen LogP contribution in [0.1, 0.15) is 26.7 Å². The predicted molar refractivity (Wildman–Crippen MR) is 45.5 cm³/mol. The average molecular weight is 168 g/mol. The van der Waals surface area contributed by atoms with Gasteiger partial charge in [-0.2, -0.15) is 0 Å². The van der Waals surface area contributed by atoms with Gasteiger partial charge in [-0.15, -0.1) is 0 Å². The monoisotopic (exact) mass is 168 g/mol. The quantitative estimate of drug-likeness (QED) is 0.588. The summed E-state index contributed by atoms with van der Waals surface area (Å²) in [7, 11) is 0. The van der Waals surface area contributed by atoms with Gasteiger partial charge in [0.2, 0.25) is 0 Å². The highest BCUT2D eigenvalue weighted by Gasteiger charge is 2.51. The lowest BCUT2D eigenvalue weighted by Crippen LogP contribution is -2.27. The third kappa shape index (κ3) is 0.900. The minimum Gasteiger partial charge on any atom is -0.464 e. The van der Waals surface area contributed by atoms with Crippen LogP contribution in [0.15, 0.2) is 0 Å². The molecule has 2 fully saturated rings. The molecule has 2 rings (SSSR count). The van der Waals surface area contributed by atoms with E-state index in [1.54, 1.807) is 0 Å². The summed E-state index contributed by atoms with van der Waals surface area (Å²) >= 11 is 0. The van der Waals surface area contributed by atoms with Crippen LogP contribution in [0, 0.1) is 23.7 Å². The van der Waals surface area contributed by atoms with Crippen molar-refractivity contribution in [3.8, 4) is 0 Å². The van der Waals surface area contributed by atoms with Crippen LogP contribution in [0.2, 0.25) is 0 Å². The fourth-order valence-electron chi connectivity index (χ4n) is 3.36. The number of hydrogen-bond acceptors (Lipinski definition) is 2. The Morgan fingerprint density at radius 1 is 1.17 bits per heavy atom. The molecule has 4 unspecified atom stereocenters. The van der Waals surface area contributed by atoms with E-state index >= 15 is 0 Å². The summed E-state index contributed by atoms with van der Waals surface area (Å²) in [5.41, 5.74) is 0. The number of rotatable bonds is 2. The zero-order valence-corrected chi connectivity index (χ0v) is 7.69. The normalized spacial score (nSPS) is 51.0. The van der Waals surface area contributed by atoms with Crippen LogP contribution in [-0.2, 0) is 9.53 Å². The Balaban J connectivity index is 2.12. The van der Waals surface area contributed by atoms with Crippen molar-refractivity contribution < 1.29 is 9.53 Å². The molecule has 2 aliphatic carbocycles. The molecular weight excluding hydrogens is 152 g/mol. The molecule has 0 aliphatic heterocycles. The van der Waals surface area contributed by atoms with E-state index in [4.69, 9.17) is 4.74 Å². The lowest BCUT2D eigenvalue weighted by atomic mass is 9.88. The molecule has 0 aromatic rings. The van der Waals surface area contributed by atoms with Crippen LogP contribution in [0.25, 0.3) is 0 Å². The highest BCUT2D eigenvalue weighted by Crippen LogP contribution is 2.53. The van der Waals surface area contributed by atoms with Gasteiger partial charge >= 0.3 is 0 Å². The molecule has 0 saturated heterocycles. The van der Waals surface area contributed by atoms with E-state index in [0.29, 0.717) is 18.3 Å². The first-order valence-electron chi connectivity index (χ1n) is 4.84. The third-order valence-electron chi connectivity index (χ3n) is 4.01. The second kappa shape index (κ2) is 2.75. The highest BCUT2D eigenvalue weighted by atomic mass is 16.5. The van der Waals surface area contributed by atoms with Gasteiger partial charge in [-0.25, -0.2) is 0 Å². The first-order chi connectivity index (χ1) is 5.75. The summed E-state index contributed by atoms with van der Waals surface area (Å²) in [6.07, 6.45) is 2.82. The minimum absolute atomic E-state index is 0.219. The lowest BCUT2D eigenvalue weighted by Gasteiger charge is -2.25. The van der Waals surface area contributed by atoms with Crippen molar-refractivity contribution in [3.63, 3.8) is 0 Å². The molecule has 0 amide bonds. The number of carbonyl (C=O) groups is 1. The van der Waals surface area contributed by atoms with Crippen molar-refractivity contribution in [2.45, 2.75) is 32.8 Å². The second-order valence-electron chi connectivity index (χ2n) is 4.32. The minimum atomic E-state index is 0.219. The summed E-state index contributed by atoms with van der Waals surface area (Å²) in [4.78, 5) is 10.3. The zero-order chi connectivity index (χ0) is 8.72. The van der Waals surface area contributed by atoms with E-state index in [0.717, 1.165) is 11.8 Å². The van der Waals surface area contributed by atoms with Crippen molar-refractivity contribution in [1.29, 1.82) is 0 Å². The van der Waals surface area contributed by atoms with Gasteiger partial charge in [-0.1, -0.05) is 13.8 Å². The van der Waals surface area contributed by atoms with Crippen molar-refractivity contribution in [1.82, 2.24) is 0 Å². The number of fused-ring (bicyclic) bond motifs is 2. The second-order valence-corrected chi connectivity index (χ2v) is 4.32. The van der Waals surface area contributed by atoms with Crippen molar-refractivity contribution in [2.24, 2.45) is 23.7 Å². The Morgan fingerprint density at radius 3 is 2.33 bits per heavy atom. The van der Waals surface area contributed by atoms with Crippen LogP contribution in [0.5, 0.6) is 0 Å². The molecule has 0 heterocycles. The topological polar surface area (TPSA) is 26.3 Å². The Morgan fingerprint density at radius 2 is 1.83 bits per heavy atom. The predicted octanol–water partition coefficient (Wildman–Crippen LogP) is 1.84. The van der Waals surface area contributed by atoms with E-state index in [9.17, 15) is 4.79 Å². The standard InChI is InChI=1S/C10H16O2/c1-6-8-3-4-9(6)10(7(8)2)12-5-11/h5-10H,3-4H2,1-2H3/t6?,7-,8?,9?,10?/m1/s1. The van der Waals surface area contributed by atoms with E-state index < -0.39 is 0 Å². The van der Waals surface area contributed by atoms with Gasteiger partial charge in [0.15, 0.2) is 0 Å². The molecule has 2 bridgehead atoms. The molecule has 0 radical (unpaired) electrons. The fourth-order valence-corrected chi connectivity index (χ4v) is 3.36.